The fourth-order valence-corrected chi connectivity index (χ4v) is 4.57. The number of carbonyl (C=O) groups excluding carboxylic acids is 2. The smallest absolute Gasteiger partial charge is 0.228 e. The Morgan fingerprint density at radius 2 is 1.71 bits per heavy atom. The third-order valence-electron chi connectivity index (χ3n) is 6.44. The maximum atomic E-state index is 13.2. The number of para-hydroxylation sites is 2. The molecule has 2 fully saturated rings. The van der Waals surface area contributed by atoms with Gasteiger partial charge in [-0.3, -0.25) is 9.59 Å². The molecule has 0 saturated carbocycles. The van der Waals surface area contributed by atoms with Crippen LogP contribution in [-0.4, -0.2) is 56.0 Å². The lowest BCUT2D eigenvalue weighted by Crippen LogP contribution is -2.51. The van der Waals surface area contributed by atoms with Gasteiger partial charge >= 0.3 is 0 Å². The van der Waals surface area contributed by atoms with E-state index < -0.39 is 0 Å². The van der Waals surface area contributed by atoms with Gasteiger partial charge in [-0.2, -0.15) is 0 Å². The monoisotopic (exact) mass is 421 g/mol. The summed E-state index contributed by atoms with van der Waals surface area (Å²) in [5.41, 5.74) is 4.59. The molecule has 0 aromatic heterocycles. The van der Waals surface area contributed by atoms with Crippen molar-refractivity contribution >= 4 is 23.2 Å². The third kappa shape index (κ3) is 4.24. The molecule has 0 radical (unpaired) electrons. The number of nitrogens with zero attached hydrogens (tertiary/aromatic N) is 3. The van der Waals surface area contributed by atoms with Gasteiger partial charge in [0.25, 0.3) is 0 Å². The van der Waals surface area contributed by atoms with Crippen molar-refractivity contribution in [3.8, 4) is 5.75 Å². The van der Waals surface area contributed by atoms with E-state index in [0.717, 1.165) is 18.8 Å². The Morgan fingerprint density at radius 3 is 2.45 bits per heavy atom. The lowest BCUT2D eigenvalue weighted by Gasteiger charge is -2.38. The molecule has 0 unspecified atom stereocenters. The summed E-state index contributed by atoms with van der Waals surface area (Å²) in [5, 5.41) is 0. The molecule has 164 valence electrons. The fraction of sp³-hybridized carbons (Fsp3) is 0.440. The van der Waals surface area contributed by atoms with Crippen molar-refractivity contribution in [2.45, 2.75) is 27.2 Å². The molecule has 0 N–H and O–H groups in total. The van der Waals surface area contributed by atoms with Gasteiger partial charge in [0.1, 0.15) is 5.75 Å². The van der Waals surface area contributed by atoms with Crippen molar-refractivity contribution < 1.29 is 14.3 Å². The molecule has 2 aromatic carbocycles. The van der Waals surface area contributed by atoms with Crippen molar-refractivity contribution in [3.63, 3.8) is 0 Å². The fourth-order valence-electron chi connectivity index (χ4n) is 4.57. The van der Waals surface area contributed by atoms with Crippen molar-refractivity contribution in [3.05, 3.63) is 53.6 Å². The number of hydrogen-bond donors (Lipinski definition) is 0. The first-order valence-corrected chi connectivity index (χ1v) is 11.1. The lowest BCUT2D eigenvalue weighted by molar-refractivity contribution is -0.136. The highest BCUT2D eigenvalue weighted by atomic mass is 16.5. The Balaban J connectivity index is 1.40. The van der Waals surface area contributed by atoms with E-state index >= 15 is 0 Å². The summed E-state index contributed by atoms with van der Waals surface area (Å²) in [5.74, 6) is 0.466. The number of amides is 2. The second-order valence-corrected chi connectivity index (χ2v) is 8.34. The van der Waals surface area contributed by atoms with Crippen LogP contribution >= 0.6 is 0 Å². The molecule has 2 aromatic rings. The summed E-state index contributed by atoms with van der Waals surface area (Å²) < 4.78 is 5.69. The first-order valence-electron chi connectivity index (χ1n) is 11.1. The van der Waals surface area contributed by atoms with Gasteiger partial charge in [-0.15, -0.1) is 0 Å². The molecular weight excluding hydrogens is 390 g/mol. The molecule has 0 bridgehead atoms. The second-order valence-electron chi connectivity index (χ2n) is 8.34. The zero-order chi connectivity index (χ0) is 22.0. The van der Waals surface area contributed by atoms with Gasteiger partial charge in [-0.25, -0.2) is 0 Å². The number of aryl methyl sites for hydroxylation is 1. The molecule has 2 amide bonds. The molecule has 31 heavy (non-hydrogen) atoms. The average Bonchev–Trinajstić information content (AvgIpc) is 3.17. The van der Waals surface area contributed by atoms with Crippen LogP contribution in [0.4, 0.5) is 11.4 Å². The maximum absolute atomic E-state index is 13.2. The maximum Gasteiger partial charge on any atom is 0.228 e. The van der Waals surface area contributed by atoms with E-state index in [4.69, 9.17) is 4.74 Å². The summed E-state index contributed by atoms with van der Waals surface area (Å²) in [4.78, 5) is 31.9. The molecule has 0 aliphatic carbocycles. The highest BCUT2D eigenvalue weighted by Crippen LogP contribution is 2.34. The van der Waals surface area contributed by atoms with Crippen LogP contribution in [-0.2, 0) is 9.59 Å². The summed E-state index contributed by atoms with van der Waals surface area (Å²) in [7, 11) is 0. The minimum Gasteiger partial charge on any atom is -0.492 e. The Hall–Kier alpha value is -3.02. The largest absolute Gasteiger partial charge is 0.492 e. The Kier molecular flexibility index (Phi) is 6.16. The van der Waals surface area contributed by atoms with Crippen LogP contribution < -0.4 is 14.5 Å². The number of rotatable bonds is 5. The van der Waals surface area contributed by atoms with Gasteiger partial charge in [0.05, 0.1) is 18.2 Å². The minimum atomic E-state index is -0.297. The van der Waals surface area contributed by atoms with E-state index in [-0.39, 0.29) is 24.2 Å². The van der Waals surface area contributed by atoms with Gasteiger partial charge in [0.15, 0.2) is 0 Å². The number of anilines is 2. The normalized spacial score (nSPS) is 19.1. The molecule has 6 heteroatoms. The minimum absolute atomic E-state index is 0.0143. The van der Waals surface area contributed by atoms with Crippen molar-refractivity contribution in [1.82, 2.24) is 4.90 Å². The second kappa shape index (κ2) is 9.00. The Morgan fingerprint density at radius 1 is 1.00 bits per heavy atom. The van der Waals surface area contributed by atoms with Crippen LogP contribution in [0.2, 0.25) is 0 Å². The molecule has 2 saturated heterocycles. The molecular formula is C25H31N3O3. The quantitative estimate of drug-likeness (QED) is 0.743. The van der Waals surface area contributed by atoms with Gasteiger partial charge in [0.2, 0.25) is 11.8 Å². The highest BCUT2D eigenvalue weighted by molar-refractivity contribution is 6.01. The van der Waals surface area contributed by atoms with E-state index in [2.05, 4.69) is 36.9 Å². The van der Waals surface area contributed by atoms with Gasteiger partial charge in [-0.1, -0.05) is 24.3 Å². The van der Waals surface area contributed by atoms with Crippen LogP contribution in [0.15, 0.2) is 42.5 Å². The molecule has 0 spiro atoms. The van der Waals surface area contributed by atoms with Crippen molar-refractivity contribution in [2.24, 2.45) is 5.92 Å². The summed E-state index contributed by atoms with van der Waals surface area (Å²) in [6.07, 6.45) is 0.260. The van der Waals surface area contributed by atoms with Crippen LogP contribution in [0.1, 0.15) is 24.5 Å². The molecule has 4 rings (SSSR count). The molecule has 2 aliphatic heterocycles. The predicted octanol–water partition coefficient (Wildman–Crippen LogP) is 3.40. The molecule has 6 nitrogen and oxygen atoms in total. The molecule has 2 heterocycles. The van der Waals surface area contributed by atoms with E-state index in [1.807, 2.05) is 36.1 Å². The summed E-state index contributed by atoms with van der Waals surface area (Å²) >= 11 is 0. The number of carbonyl (C=O) groups is 2. The number of hydrogen-bond acceptors (Lipinski definition) is 4. The number of piperazine rings is 1. The van der Waals surface area contributed by atoms with Crippen LogP contribution in [0.25, 0.3) is 0 Å². The topological polar surface area (TPSA) is 53.1 Å². The molecule has 2 aliphatic rings. The predicted molar refractivity (Wildman–Crippen MR) is 123 cm³/mol. The molecule has 1 atom stereocenters. The van der Waals surface area contributed by atoms with Crippen LogP contribution in [0.5, 0.6) is 5.75 Å². The Bertz CT molecular complexity index is 966. The number of benzene rings is 2. The SMILES string of the molecule is CCOc1ccccc1N1C[C@@H](C(=O)N2CCN(c3cccc(C)c3C)CC2)CC1=O. The van der Waals surface area contributed by atoms with E-state index in [0.29, 0.717) is 32.0 Å². The number of ether oxygens (including phenoxy) is 1. The first kappa shape index (κ1) is 21.2. The first-order chi connectivity index (χ1) is 15.0. The lowest BCUT2D eigenvalue weighted by atomic mass is 10.1. The Labute approximate surface area is 184 Å². The van der Waals surface area contributed by atoms with Crippen molar-refractivity contribution in [1.29, 1.82) is 0 Å². The van der Waals surface area contributed by atoms with Crippen LogP contribution in [0.3, 0.4) is 0 Å². The van der Waals surface area contributed by atoms with Crippen LogP contribution in [0, 0.1) is 19.8 Å². The zero-order valence-corrected chi connectivity index (χ0v) is 18.6. The van der Waals surface area contributed by atoms with E-state index in [9.17, 15) is 9.59 Å². The van der Waals surface area contributed by atoms with E-state index in [1.165, 1.54) is 16.8 Å². The summed E-state index contributed by atoms with van der Waals surface area (Å²) in [6, 6.07) is 13.9. The van der Waals surface area contributed by atoms with Gasteiger partial charge in [0, 0.05) is 44.8 Å². The van der Waals surface area contributed by atoms with E-state index in [1.54, 1.807) is 4.90 Å². The zero-order valence-electron chi connectivity index (χ0n) is 18.6. The third-order valence-corrected chi connectivity index (χ3v) is 6.44. The van der Waals surface area contributed by atoms with Gasteiger partial charge < -0.3 is 19.4 Å². The highest BCUT2D eigenvalue weighted by Gasteiger charge is 2.38. The van der Waals surface area contributed by atoms with Crippen molar-refractivity contribution in [2.75, 3.05) is 49.1 Å². The van der Waals surface area contributed by atoms with Gasteiger partial charge in [-0.05, 0) is 50.1 Å². The summed E-state index contributed by atoms with van der Waals surface area (Å²) in [6.45, 7) is 10.2. The average molecular weight is 422 g/mol. The standard InChI is InChI=1S/C25H31N3O3/c1-4-31-23-11-6-5-9-22(23)28-17-20(16-24(28)29)25(30)27-14-12-26(13-15-27)21-10-7-8-18(2)19(21)3/h5-11,20H,4,12-17H2,1-3H3/t20-/m0/s1.